The van der Waals surface area contributed by atoms with Crippen LogP contribution in [0.5, 0.6) is 0 Å². The molecule has 0 bridgehead atoms. The molecule has 1 aliphatic heterocycles. The van der Waals surface area contributed by atoms with Crippen molar-refractivity contribution in [1.29, 1.82) is 5.26 Å². The SMILES string of the molecule is COCCN1Cc2cc(F)c(NC(C)(C)C#N)cc2C1=O. The average molecular weight is 291 g/mol. The van der Waals surface area contributed by atoms with Crippen molar-refractivity contribution in [3.63, 3.8) is 0 Å². The van der Waals surface area contributed by atoms with Crippen molar-refractivity contribution in [2.75, 3.05) is 25.6 Å². The van der Waals surface area contributed by atoms with E-state index in [1.54, 1.807) is 25.9 Å². The zero-order valence-corrected chi connectivity index (χ0v) is 12.4. The first-order valence-electron chi connectivity index (χ1n) is 6.68. The Labute approximate surface area is 123 Å². The fraction of sp³-hybridized carbons (Fsp3) is 0.467. The molecule has 1 aliphatic rings. The van der Waals surface area contributed by atoms with Gasteiger partial charge in [0.2, 0.25) is 0 Å². The molecule has 5 nitrogen and oxygen atoms in total. The number of ether oxygens (including phenoxy) is 1. The number of hydrogen-bond donors (Lipinski definition) is 1. The predicted molar refractivity (Wildman–Crippen MR) is 76.3 cm³/mol. The van der Waals surface area contributed by atoms with Gasteiger partial charge in [-0.2, -0.15) is 5.26 Å². The maximum atomic E-state index is 14.1. The summed E-state index contributed by atoms with van der Waals surface area (Å²) in [5.41, 5.74) is 0.395. The molecule has 6 heteroatoms. The van der Waals surface area contributed by atoms with Crippen LogP contribution in [0.3, 0.4) is 0 Å². The van der Waals surface area contributed by atoms with Crippen molar-refractivity contribution in [3.8, 4) is 6.07 Å². The molecular formula is C15H18FN3O2. The summed E-state index contributed by atoms with van der Waals surface area (Å²) in [7, 11) is 1.57. The van der Waals surface area contributed by atoms with Crippen LogP contribution in [0.1, 0.15) is 29.8 Å². The molecule has 1 aromatic carbocycles. The van der Waals surface area contributed by atoms with Crippen molar-refractivity contribution < 1.29 is 13.9 Å². The summed E-state index contributed by atoms with van der Waals surface area (Å²) in [6.07, 6.45) is 0. The first-order valence-corrected chi connectivity index (χ1v) is 6.68. The van der Waals surface area contributed by atoms with Crippen LogP contribution in [0.15, 0.2) is 12.1 Å². The van der Waals surface area contributed by atoms with E-state index in [0.717, 1.165) is 0 Å². The average Bonchev–Trinajstić information content (AvgIpc) is 2.73. The van der Waals surface area contributed by atoms with E-state index < -0.39 is 11.4 Å². The van der Waals surface area contributed by atoms with Gasteiger partial charge in [-0.05, 0) is 31.5 Å². The fourth-order valence-electron chi connectivity index (χ4n) is 2.23. The number of methoxy groups -OCH3 is 1. The molecule has 0 radical (unpaired) electrons. The number of nitrogens with zero attached hydrogens (tertiary/aromatic N) is 2. The smallest absolute Gasteiger partial charge is 0.254 e. The number of hydrogen-bond acceptors (Lipinski definition) is 4. The summed E-state index contributed by atoms with van der Waals surface area (Å²) < 4.78 is 19.1. The number of nitriles is 1. The number of amides is 1. The van der Waals surface area contributed by atoms with Crippen molar-refractivity contribution in [2.24, 2.45) is 0 Å². The highest BCUT2D eigenvalue weighted by Crippen LogP contribution is 2.29. The highest BCUT2D eigenvalue weighted by molar-refractivity contribution is 5.99. The van der Waals surface area contributed by atoms with Gasteiger partial charge >= 0.3 is 0 Å². The summed E-state index contributed by atoms with van der Waals surface area (Å²) in [6, 6.07) is 4.88. The van der Waals surface area contributed by atoms with Crippen molar-refractivity contribution in [3.05, 3.63) is 29.1 Å². The van der Waals surface area contributed by atoms with Crippen LogP contribution in [0, 0.1) is 17.1 Å². The monoisotopic (exact) mass is 291 g/mol. The van der Waals surface area contributed by atoms with E-state index in [4.69, 9.17) is 10.00 Å². The zero-order chi connectivity index (χ0) is 15.6. The molecule has 0 aliphatic carbocycles. The number of benzene rings is 1. The summed E-state index contributed by atoms with van der Waals surface area (Å²) in [5, 5.41) is 11.8. The molecule has 1 N–H and O–H groups in total. The van der Waals surface area contributed by atoms with Crippen molar-refractivity contribution >= 4 is 11.6 Å². The number of fused-ring (bicyclic) bond motifs is 1. The molecule has 0 saturated heterocycles. The van der Waals surface area contributed by atoms with Crippen molar-refractivity contribution in [1.82, 2.24) is 4.90 Å². The van der Waals surface area contributed by atoms with Crippen molar-refractivity contribution in [2.45, 2.75) is 25.9 Å². The van der Waals surface area contributed by atoms with E-state index in [1.807, 2.05) is 6.07 Å². The second kappa shape index (κ2) is 5.70. The minimum absolute atomic E-state index is 0.139. The Kier molecular flexibility index (Phi) is 4.14. The topological polar surface area (TPSA) is 65.4 Å². The lowest BCUT2D eigenvalue weighted by Gasteiger charge is -2.20. The second-order valence-corrected chi connectivity index (χ2v) is 5.57. The Balaban J connectivity index is 2.27. The molecule has 0 fully saturated rings. The lowest BCUT2D eigenvalue weighted by atomic mass is 10.0. The van der Waals surface area contributed by atoms with Gasteiger partial charge in [0, 0.05) is 25.8 Å². The van der Waals surface area contributed by atoms with E-state index in [1.165, 1.54) is 12.1 Å². The van der Waals surface area contributed by atoms with Gasteiger partial charge in [0.1, 0.15) is 11.4 Å². The normalized spacial score (nSPS) is 14.0. The number of nitrogens with one attached hydrogen (secondary N) is 1. The van der Waals surface area contributed by atoms with E-state index in [0.29, 0.717) is 30.8 Å². The molecule has 0 saturated carbocycles. The van der Waals surface area contributed by atoms with Gasteiger partial charge < -0.3 is 15.0 Å². The highest BCUT2D eigenvalue weighted by Gasteiger charge is 2.29. The van der Waals surface area contributed by atoms with Gasteiger partial charge in [-0.3, -0.25) is 4.79 Å². The van der Waals surface area contributed by atoms with Crippen LogP contribution in [-0.4, -0.2) is 36.6 Å². The standard InChI is InChI=1S/C15H18FN3O2/c1-15(2,9-17)18-13-7-11-10(6-12(13)16)8-19(14(11)20)4-5-21-3/h6-7,18H,4-5,8H2,1-3H3. The molecular weight excluding hydrogens is 273 g/mol. The van der Waals surface area contributed by atoms with E-state index in [-0.39, 0.29) is 11.6 Å². The van der Waals surface area contributed by atoms with Gasteiger partial charge in [0.05, 0.1) is 18.4 Å². The second-order valence-electron chi connectivity index (χ2n) is 5.57. The van der Waals surface area contributed by atoms with Gasteiger partial charge in [-0.15, -0.1) is 0 Å². The Bertz CT molecular complexity index is 608. The predicted octanol–water partition coefficient (Wildman–Crippen LogP) is 2.14. The molecule has 0 unspecified atom stereocenters. The van der Waals surface area contributed by atoms with Crippen LogP contribution in [0.4, 0.5) is 10.1 Å². The first kappa shape index (κ1) is 15.3. The Morgan fingerprint density at radius 1 is 1.52 bits per heavy atom. The Morgan fingerprint density at radius 3 is 2.86 bits per heavy atom. The minimum Gasteiger partial charge on any atom is -0.383 e. The molecule has 21 heavy (non-hydrogen) atoms. The molecule has 1 heterocycles. The number of halogens is 1. The number of carbonyl (C=O) groups is 1. The molecule has 112 valence electrons. The summed E-state index contributed by atoms with van der Waals surface area (Å²) in [6.45, 7) is 4.59. The summed E-state index contributed by atoms with van der Waals surface area (Å²) in [5.74, 6) is -0.599. The fourth-order valence-corrected chi connectivity index (χ4v) is 2.23. The van der Waals surface area contributed by atoms with Crippen LogP contribution >= 0.6 is 0 Å². The first-order chi connectivity index (χ1) is 9.88. The third-order valence-corrected chi connectivity index (χ3v) is 3.36. The lowest BCUT2D eigenvalue weighted by molar-refractivity contribution is 0.0719. The molecule has 2 rings (SSSR count). The highest BCUT2D eigenvalue weighted by atomic mass is 19.1. The van der Waals surface area contributed by atoms with Crippen LogP contribution in [0.2, 0.25) is 0 Å². The number of anilines is 1. The van der Waals surface area contributed by atoms with Crippen LogP contribution < -0.4 is 5.32 Å². The summed E-state index contributed by atoms with van der Waals surface area (Å²) >= 11 is 0. The molecule has 0 atom stereocenters. The van der Waals surface area contributed by atoms with E-state index >= 15 is 0 Å². The molecule has 0 spiro atoms. The largest absolute Gasteiger partial charge is 0.383 e. The van der Waals surface area contributed by atoms with E-state index in [2.05, 4.69) is 5.32 Å². The van der Waals surface area contributed by atoms with Gasteiger partial charge in [-0.1, -0.05) is 0 Å². The van der Waals surface area contributed by atoms with Crippen LogP contribution in [0.25, 0.3) is 0 Å². The summed E-state index contributed by atoms with van der Waals surface area (Å²) in [4.78, 5) is 13.9. The Morgan fingerprint density at radius 2 is 2.24 bits per heavy atom. The molecule has 1 aromatic rings. The van der Waals surface area contributed by atoms with Crippen LogP contribution in [-0.2, 0) is 11.3 Å². The van der Waals surface area contributed by atoms with Gasteiger partial charge in [0.15, 0.2) is 0 Å². The number of carbonyl (C=O) groups excluding carboxylic acids is 1. The minimum atomic E-state index is -0.910. The zero-order valence-electron chi connectivity index (χ0n) is 12.4. The number of rotatable bonds is 5. The maximum Gasteiger partial charge on any atom is 0.254 e. The van der Waals surface area contributed by atoms with Gasteiger partial charge in [-0.25, -0.2) is 4.39 Å². The quantitative estimate of drug-likeness (QED) is 0.902. The third kappa shape index (κ3) is 3.14. The third-order valence-electron chi connectivity index (χ3n) is 3.36. The molecule has 0 aromatic heterocycles. The lowest BCUT2D eigenvalue weighted by Crippen LogP contribution is -2.29. The molecule has 1 amide bonds. The maximum absolute atomic E-state index is 14.1. The Hall–Kier alpha value is -2.13. The van der Waals surface area contributed by atoms with Gasteiger partial charge in [0.25, 0.3) is 5.91 Å². The van der Waals surface area contributed by atoms with E-state index in [9.17, 15) is 9.18 Å².